The minimum absolute atomic E-state index is 0.0633. The van der Waals surface area contributed by atoms with Crippen LogP contribution >= 0.6 is 23.1 Å². The first-order valence-electron chi connectivity index (χ1n) is 7.05. The van der Waals surface area contributed by atoms with Crippen LogP contribution in [0, 0.1) is 5.82 Å². The molecule has 1 aromatic heterocycles. The molecule has 0 aliphatic heterocycles. The minimum Gasteiger partial charge on any atom is -0.354 e. The molecule has 0 fully saturated rings. The Hall–Kier alpha value is -1.86. The molecule has 0 aliphatic carbocycles. The van der Waals surface area contributed by atoms with Gasteiger partial charge in [0.1, 0.15) is 5.82 Å². The normalized spacial score (nSPS) is 10.3. The van der Waals surface area contributed by atoms with E-state index in [1.165, 1.54) is 23.8 Å². The monoisotopic (exact) mass is 352 g/mol. The lowest BCUT2D eigenvalue weighted by Crippen LogP contribution is -2.38. The molecule has 0 aliphatic rings. The second kappa shape index (κ2) is 9.32. The van der Waals surface area contributed by atoms with E-state index >= 15 is 0 Å². The zero-order chi connectivity index (χ0) is 16.5. The van der Waals surface area contributed by atoms with Crippen LogP contribution in [-0.4, -0.2) is 30.7 Å². The van der Waals surface area contributed by atoms with Gasteiger partial charge in [-0.3, -0.25) is 9.59 Å². The Kier molecular flexibility index (Phi) is 7.09. The summed E-state index contributed by atoms with van der Waals surface area (Å²) in [4.78, 5) is 23.4. The van der Waals surface area contributed by atoms with Crippen molar-refractivity contribution in [2.45, 2.75) is 5.75 Å². The second-order valence-electron chi connectivity index (χ2n) is 4.70. The molecule has 0 atom stereocenters. The maximum Gasteiger partial charge on any atom is 0.254 e. The molecule has 2 N–H and O–H groups in total. The van der Waals surface area contributed by atoms with Crippen LogP contribution in [0.1, 0.15) is 15.9 Å². The van der Waals surface area contributed by atoms with Gasteiger partial charge in [0.25, 0.3) is 5.91 Å². The average Bonchev–Trinajstić information content (AvgIpc) is 3.06. The van der Waals surface area contributed by atoms with E-state index in [0.29, 0.717) is 6.54 Å². The Balaban J connectivity index is 1.60. The molecule has 0 saturated carbocycles. The van der Waals surface area contributed by atoms with E-state index in [1.54, 1.807) is 29.2 Å². The van der Waals surface area contributed by atoms with Gasteiger partial charge in [-0.25, -0.2) is 4.39 Å². The summed E-state index contributed by atoms with van der Waals surface area (Å²) in [5.41, 5.74) is 1.22. The highest BCUT2D eigenvalue weighted by Crippen LogP contribution is 2.14. The lowest BCUT2D eigenvalue weighted by Gasteiger charge is -2.07. The van der Waals surface area contributed by atoms with E-state index < -0.39 is 11.7 Å². The van der Waals surface area contributed by atoms with Gasteiger partial charge in [0.05, 0.1) is 12.1 Å². The van der Waals surface area contributed by atoms with Crippen LogP contribution in [0.2, 0.25) is 0 Å². The molecular weight excluding hydrogens is 335 g/mol. The fraction of sp³-hybridized carbons (Fsp3) is 0.250. The van der Waals surface area contributed by atoms with Crippen molar-refractivity contribution in [2.24, 2.45) is 0 Å². The molecule has 2 amide bonds. The Morgan fingerprint density at radius 1 is 1.17 bits per heavy atom. The van der Waals surface area contributed by atoms with Gasteiger partial charge in [-0.1, -0.05) is 12.1 Å². The predicted octanol–water partition coefficient (Wildman–Crippen LogP) is 2.67. The van der Waals surface area contributed by atoms with Crippen LogP contribution in [0.15, 0.2) is 41.1 Å². The van der Waals surface area contributed by atoms with E-state index in [-0.39, 0.29) is 18.0 Å². The van der Waals surface area contributed by atoms with E-state index in [2.05, 4.69) is 22.1 Å². The van der Waals surface area contributed by atoms with Crippen molar-refractivity contribution in [1.29, 1.82) is 0 Å². The summed E-state index contributed by atoms with van der Waals surface area (Å²) in [6, 6.07) is 7.74. The molecule has 0 bridgehead atoms. The van der Waals surface area contributed by atoms with Crippen LogP contribution in [-0.2, 0) is 10.5 Å². The number of carbonyl (C=O) groups is 2. The van der Waals surface area contributed by atoms with E-state index in [1.807, 2.05) is 5.38 Å². The first kappa shape index (κ1) is 17.5. The lowest BCUT2D eigenvalue weighted by atomic mass is 10.2. The minimum atomic E-state index is -0.602. The number of hydrogen-bond donors (Lipinski definition) is 2. The number of benzene rings is 1. The number of thioether (sulfide) groups is 1. The number of amides is 2. The fourth-order valence-corrected chi connectivity index (χ4v) is 3.37. The summed E-state index contributed by atoms with van der Waals surface area (Å²) in [6.07, 6.45) is 0. The van der Waals surface area contributed by atoms with Crippen molar-refractivity contribution < 1.29 is 14.0 Å². The topological polar surface area (TPSA) is 58.2 Å². The molecule has 2 aromatic rings. The fourth-order valence-electron chi connectivity index (χ4n) is 1.79. The van der Waals surface area contributed by atoms with Crippen LogP contribution in [0.25, 0.3) is 0 Å². The van der Waals surface area contributed by atoms with Gasteiger partial charge in [-0.2, -0.15) is 23.1 Å². The molecule has 0 unspecified atom stereocenters. The van der Waals surface area contributed by atoms with Crippen LogP contribution in [0.4, 0.5) is 4.39 Å². The predicted molar refractivity (Wildman–Crippen MR) is 92.2 cm³/mol. The Morgan fingerprint density at radius 3 is 2.74 bits per heavy atom. The number of carbonyl (C=O) groups excluding carboxylic acids is 2. The number of thiophene rings is 1. The third kappa shape index (κ3) is 6.03. The van der Waals surface area contributed by atoms with Gasteiger partial charge in [0.15, 0.2) is 0 Å². The molecule has 0 radical (unpaired) electrons. The van der Waals surface area contributed by atoms with Crippen LogP contribution in [0.3, 0.4) is 0 Å². The molecule has 1 aromatic carbocycles. The molecule has 4 nitrogen and oxygen atoms in total. The van der Waals surface area contributed by atoms with E-state index in [0.717, 1.165) is 11.5 Å². The van der Waals surface area contributed by atoms with Gasteiger partial charge >= 0.3 is 0 Å². The van der Waals surface area contributed by atoms with Gasteiger partial charge in [0, 0.05) is 18.1 Å². The molecule has 7 heteroatoms. The third-order valence-electron chi connectivity index (χ3n) is 2.95. The van der Waals surface area contributed by atoms with Crippen molar-refractivity contribution in [2.75, 3.05) is 18.8 Å². The van der Waals surface area contributed by atoms with Crippen LogP contribution in [0.5, 0.6) is 0 Å². The largest absolute Gasteiger partial charge is 0.354 e. The van der Waals surface area contributed by atoms with Gasteiger partial charge in [-0.05, 0) is 34.5 Å². The Morgan fingerprint density at radius 2 is 2.00 bits per heavy atom. The lowest BCUT2D eigenvalue weighted by molar-refractivity contribution is -0.120. The molecular formula is C16H17FN2O2S2. The van der Waals surface area contributed by atoms with Crippen molar-refractivity contribution in [3.05, 3.63) is 58.0 Å². The zero-order valence-corrected chi connectivity index (χ0v) is 14.0. The molecule has 1 heterocycles. The quantitative estimate of drug-likeness (QED) is 0.718. The first-order valence-corrected chi connectivity index (χ1v) is 9.15. The molecule has 0 spiro atoms. The van der Waals surface area contributed by atoms with E-state index in [4.69, 9.17) is 0 Å². The van der Waals surface area contributed by atoms with Crippen molar-refractivity contribution in [3.63, 3.8) is 0 Å². The maximum absolute atomic E-state index is 13.4. The summed E-state index contributed by atoms with van der Waals surface area (Å²) >= 11 is 3.40. The summed E-state index contributed by atoms with van der Waals surface area (Å²) in [5.74, 6) is 0.234. The first-order chi connectivity index (χ1) is 11.2. The molecule has 23 heavy (non-hydrogen) atoms. The highest BCUT2D eigenvalue weighted by atomic mass is 32.2. The second-order valence-corrected chi connectivity index (χ2v) is 6.58. The van der Waals surface area contributed by atoms with Gasteiger partial charge in [0.2, 0.25) is 5.91 Å². The highest BCUT2D eigenvalue weighted by molar-refractivity contribution is 7.98. The molecule has 122 valence electrons. The summed E-state index contributed by atoms with van der Waals surface area (Å²) < 4.78 is 13.4. The Bertz CT molecular complexity index is 647. The third-order valence-corrected chi connectivity index (χ3v) is 4.71. The van der Waals surface area contributed by atoms with E-state index in [9.17, 15) is 14.0 Å². The Labute approximate surface area is 142 Å². The summed E-state index contributed by atoms with van der Waals surface area (Å²) in [7, 11) is 0. The summed E-state index contributed by atoms with van der Waals surface area (Å²) in [5, 5.41) is 9.26. The van der Waals surface area contributed by atoms with Crippen molar-refractivity contribution in [1.82, 2.24) is 10.6 Å². The van der Waals surface area contributed by atoms with Gasteiger partial charge in [-0.15, -0.1) is 0 Å². The standard InChI is InChI=1S/C16H17FN2O2S2/c17-14-4-2-1-3-13(14)16(21)19-9-15(20)18-6-8-23-11-12-5-7-22-10-12/h1-5,7,10H,6,8-9,11H2,(H,18,20)(H,19,21). The maximum atomic E-state index is 13.4. The number of nitrogens with one attached hydrogen (secondary N) is 2. The smallest absolute Gasteiger partial charge is 0.254 e. The average molecular weight is 352 g/mol. The zero-order valence-electron chi connectivity index (χ0n) is 12.4. The SMILES string of the molecule is O=C(CNC(=O)c1ccccc1F)NCCSCc1ccsc1. The van der Waals surface area contributed by atoms with Gasteiger partial charge < -0.3 is 10.6 Å². The molecule has 2 rings (SSSR count). The highest BCUT2D eigenvalue weighted by Gasteiger charge is 2.11. The number of hydrogen-bond acceptors (Lipinski definition) is 4. The molecule has 0 saturated heterocycles. The van der Waals surface area contributed by atoms with Crippen molar-refractivity contribution >= 4 is 34.9 Å². The van der Waals surface area contributed by atoms with Crippen LogP contribution < -0.4 is 10.6 Å². The number of rotatable bonds is 8. The van der Waals surface area contributed by atoms with Crippen molar-refractivity contribution in [3.8, 4) is 0 Å². The summed E-state index contributed by atoms with van der Waals surface area (Å²) in [6.45, 7) is 0.367. The number of halogens is 1.